The van der Waals surface area contributed by atoms with E-state index in [1.807, 2.05) is 0 Å². The maximum absolute atomic E-state index is 12.1. The van der Waals surface area contributed by atoms with E-state index in [0.717, 1.165) is 0 Å². The Morgan fingerprint density at radius 3 is 2.13 bits per heavy atom. The van der Waals surface area contributed by atoms with Gasteiger partial charge in [-0.1, -0.05) is 11.6 Å². The van der Waals surface area contributed by atoms with Gasteiger partial charge in [0, 0.05) is 16.5 Å². The summed E-state index contributed by atoms with van der Waals surface area (Å²) in [5.41, 5.74) is 5.23. The summed E-state index contributed by atoms with van der Waals surface area (Å²) < 4.78 is 4.72. The Labute approximate surface area is 139 Å². The molecular weight excluding hydrogens is 320 g/mol. The lowest BCUT2D eigenvalue weighted by molar-refractivity contribution is -0.147. The minimum absolute atomic E-state index is 0.132. The molecule has 0 aliphatic heterocycles. The second-order valence-corrected chi connectivity index (χ2v) is 5.96. The first-order valence-electron chi connectivity index (χ1n) is 7.45. The van der Waals surface area contributed by atoms with Gasteiger partial charge in [-0.05, 0) is 49.9 Å². The van der Waals surface area contributed by atoms with Crippen molar-refractivity contribution >= 4 is 29.4 Å². The first-order chi connectivity index (χ1) is 11.0. The predicted octanol–water partition coefficient (Wildman–Crippen LogP) is 2.08. The van der Waals surface area contributed by atoms with E-state index in [1.54, 1.807) is 24.3 Å². The van der Waals surface area contributed by atoms with Crippen LogP contribution in [0.25, 0.3) is 0 Å². The molecule has 1 saturated carbocycles. The van der Waals surface area contributed by atoms with Gasteiger partial charge in [0.1, 0.15) is 0 Å². The van der Waals surface area contributed by atoms with E-state index in [2.05, 4.69) is 10.9 Å². The Hall–Kier alpha value is -2.08. The number of benzene rings is 1. The third kappa shape index (κ3) is 4.69. The van der Waals surface area contributed by atoms with E-state index >= 15 is 0 Å². The first kappa shape index (κ1) is 17.3. The van der Waals surface area contributed by atoms with Crippen molar-refractivity contribution in [3.63, 3.8) is 0 Å². The van der Waals surface area contributed by atoms with Crippen LogP contribution in [0.2, 0.25) is 5.02 Å². The highest BCUT2D eigenvalue weighted by atomic mass is 35.5. The highest BCUT2D eigenvalue weighted by Gasteiger charge is 2.30. The van der Waals surface area contributed by atoms with Crippen molar-refractivity contribution in [2.75, 3.05) is 7.11 Å². The quantitative estimate of drug-likeness (QED) is 0.652. The fourth-order valence-corrected chi connectivity index (χ4v) is 2.78. The molecule has 1 aliphatic carbocycles. The smallest absolute Gasteiger partial charge is 0.308 e. The fraction of sp³-hybridized carbons (Fsp3) is 0.438. The van der Waals surface area contributed by atoms with Gasteiger partial charge in [0.2, 0.25) is 5.91 Å². The van der Waals surface area contributed by atoms with Crippen LogP contribution in [-0.2, 0) is 14.3 Å². The van der Waals surface area contributed by atoms with Crippen LogP contribution >= 0.6 is 11.6 Å². The molecular formula is C16H19ClN2O4. The average Bonchev–Trinajstić information content (AvgIpc) is 2.59. The van der Waals surface area contributed by atoms with Gasteiger partial charge >= 0.3 is 5.97 Å². The molecule has 1 fully saturated rings. The maximum atomic E-state index is 12.1. The molecule has 0 aromatic heterocycles. The molecule has 0 radical (unpaired) electrons. The van der Waals surface area contributed by atoms with Crippen LogP contribution in [-0.4, -0.2) is 24.9 Å². The molecule has 1 aliphatic rings. The normalized spacial score (nSPS) is 20.4. The number of halogens is 1. The number of carbonyl (C=O) groups excluding carboxylic acids is 3. The summed E-state index contributed by atoms with van der Waals surface area (Å²) in [6.07, 6.45) is 2.44. The predicted molar refractivity (Wildman–Crippen MR) is 84.5 cm³/mol. The minimum Gasteiger partial charge on any atom is -0.469 e. The molecule has 7 heteroatoms. The minimum atomic E-state index is -0.404. The second-order valence-electron chi connectivity index (χ2n) is 5.52. The molecule has 0 saturated heterocycles. The molecule has 23 heavy (non-hydrogen) atoms. The van der Waals surface area contributed by atoms with Gasteiger partial charge in [0.25, 0.3) is 5.91 Å². The lowest BCUT2D eigenvalue weighted by Crippen LogP contribution is -2.45. The lowest BCUT2D eigenvalue weighted by atomic mass is 9.82. The van der Waals surface area contributed by atoms with Crippen LogP contribution < -0.4 is 10.9 Å². The highest BCUT2D eigenvalue weighted by Crippen LogP contribution is 2.29. The Balaban J connectivity index is 1.78. The SMILES string of the molecule is COC(=O)C1CCC(C(=O)NNC(=O)c2ccc(Cl)cc2)CC1. The summed E-state index contributed by atoms with van der Waals surface area (Å²) in [6.45, 7) is 0. The third-order valence-corrected chi connectivity index (χ3v) is 4.29. The van der Waals surface area contributed by atoms with Crippen molar-refractivity contribution in [2.45, 2.75) is 25.7 Å². The van der Waals surface area contributed by atoms with Crippen molar-refractivity contribution < 1.29 is 19.1 Å². The summed E-state index contributed by atoms with van der Waals surface area (Å²) in [7, 11) is 1.37. The number of ether oxygens (including phenoxy) is 1. The highest BCUT2D eigenvalue weighted by molar-refractivity contribution is 6.30. The summed E-state index contributed by atoms with van der Waals surface area (Å²) in [4.78, 5) is 35.4. The number of nitrogens with one attached hydrogen (secondary N) is 2. The summed E-state index contributed by atoms with van der Waals surface area (Å²) in [5.74, 6) is -1.21. The molecule has 6 nitrogen and oxygen atoms in total. The van der Waals surface area contributed by atoms with Gasteiger partial charge in [0.15, 0.2) is 0 Å². The van der Waals surface area contributed by atoms with Gasteiger partial charge < -0.3 is 4.74 Å². The maximum Gasteiger partial charge on any atom is 0.308 e. The largest absolute Gasteiger partial charge is 0.469 e. The van der Waals surface area contributed by atoms with Gasteiger partial charge in [-0.25, -0.2) is 0 Å². The van der Waals surface area contributed by atoms with E-state index in [4.69, 9.17) is 16.3 Å². The number of methoxy groups -OCH3 is 1. The Bertz CT molecular complexity index is 580. The molecule has 2 N–H and O–H groups in total. The average molecular weight is 339 g/mol. The molecule has 0 bridgehead atoms. The number of hydrazine groups is 1. The molecule has 0 spiro atoms. The topological polar surface area (TPSA) is 84.5 Å². The molecule has 2 amide bonds. The lowest BCUT2D eigenvalue weighted by Gasteiger charge is -2.26. The zero-order chi connectivity index (χ0) is 16.8. The number of amides is 2. The van der Waals surface area contributed by atoms with E-state index in [1.165, 1.54) is 7.11 Å². The van der Waals surface area contributed by atoms with Gasteiger partial charge in [-0.3, -0.25) is 25.2 Å². The first-order valence-corrected chi connectivity index (χ1v) is 7.82. The summed E-state index contributed by atoms with van der Waals surface area (Å²) in [5, 5.41) is 0.535. The zero-order valence-corrected chi connectivity index (χ0v) is 13.6. The summed E-state index contributed by atoms with van der Waals surface area (Å²) in [6, 6.07) is 6.36. The van der Waals surface area contributed by atoms with E-state index in [0.29, 0.717) is 36.3 Å². The van der Waals surface area contributed by atoms with Crippen molar-refractivity contribution in [3.8, 4) is 0 Å². The number of esters is 1. The second kappa shape index (κ2) is 7.97. The van der Waals surface area contributed by atoms with Gasteiger partial charge in [-0.2, -0.15) is 0 Å². The van der Waals surface area contributed by atoms with E-state index in [9.17, 15) is 14.4 Å². The molecule has 2 rings (SSSR count). The van der Waals surface area contributed by atoms with Crippen molar-refractivity contribution in [1.82, 2.24) is 10.9 Å². The molecule has 1 aromatic rings. The summed E-state index contributed by atoms with van der Waals surface area (Å²) >= 11 is 5.76. The molecule has 0 unspecified atom stereocenters. The fourth-order valence-electron chi connectivity index (χ4n) is 2.65. The molecule has 1 aromatic carbocycles. The molecule has 124 valence electrons. The van der Waals surface area contributed by atoms with Crippen LogP contribution in [0, 0.1) is 11.8 Å². The standard InChI is InChI=1S/C16H19ClN2O4/c1-23-16(22)12-4-2-10(3-5-12)14(20)18-19-15(21)11-6-8-13(17)9-7-11/h6-10,12H,2-5H2,1H3,(H,18,20)(H,19,21). The Morgan fingerprint density at radius 2 is 1.57 bits per heavy atom. The Kier molecular flexibility index (Phi) is 5.98. The third-order valence-electron chi connectivity index (χ3n) is 4.04. The number of hydrogen-bond acceptors (Lipinski definition) is 4. The van der Waals surface area contributed by atoms with E-state index < -0.39 is 5.91 Å². The number of hydrogen-bond donors (Lipinski definition) is 2. The van der Waals surface area contributed by atoms with Crippen LogP contribution in [0.4, 0.5) is 0 Å². The van der Waals surface area contributed by atoms with Crippen molar-refractivity contribution in [1.29, 1.82) is 0 Å². The number of rotatable bonds is 3. The van der Waals surface area contributed by atoms with Crippen molar-refractivity contribution in [3.05, 3.63) is 34.9 Å². The van der Waals surface area contributed by atoms with Crippen LogP contribution in [0.1, 0.15) is 36.0 Å². The molecule has 0 heterocycles. The van der Waals surface area contributed by atoms with Crippen LogP contribution in [0.15, 0.2) is 24.3 Å². The van der Waals surface area contributed by atoms with Crippen LogP contribution in [0.5, 0.6) is 0 Å². The van der Waals surface area contributed by atoms with Gasteiger partial charge in [0.05, 0.1) is 13.0 Å². The zero-order valence-electron chi connectivity index (χ0n) is 12.8. The van der Waals surface area contributed by atoms with Gasteiger partial charge in [-0.15, -0.1) is 0 Å². The van der Waals surface area contributed by atoms with E-state index in [-0.39, 0.29) is 23.7 Å². The molecule has 0 atom stereocenters. The Morgan fingerprint density at radius 1 is 1.00 bits per heavy atom. The number of carbonyl (C=O) groups is 3. The van der Waals surface area contributed by atoms with Crippen molar-refractivity contribution in [2.24, 2.45) is 11.8 Å². The van der Waals surface area contributed by atoms with Crippen LogP contribution in [0.3, 0.4) is 0 Å². The monoisotopic (exact) mass is 338 g/mol.